The standard InChI is InChI=1S/C7H8O3/c1-3-7(2)5(8)4-6(9)10-7/h1,5,8H,4H2,2H3. The van der Waals surface area contributed by atoms with Gasteiger partial charge >= 0.3 is 5.97 Å². The monoisotopic (exact) mass is 140 g/mol. The van der Waals surface area contributed by atoms with Gasteiger partial charge in [0.2, 0.25) is 0 Å². The predicted molar refractivity (Wildman–Crippen MR) is 34.0 cm³/mol. The molecule has 1 fully saturated rings. The zero-order chi connectivity index (χ0) is 7.78. The molecule has 1 heterocycles. The molecule has 1 aliphatic heterocycles. The van der Waals surface area contributed by atoms with E-state index in [1.165, 1.54) is 6.92 Å². The van der Waals surface area contributed by atoms with Gasteiger partial charge in [0.05, 0.1) is 6.42 Å². The van der Waals surface area contributed by atoms with Gasteiger partial charge in [0.1, 0.15) is 6.10 Å². The fourth-order valence-corrected chi connectivity index (χ4v) is 0.824. The Kier molecular flexibility index (Phi) is 1.42. The topological polar surface area (TPSA) is 46.5 Å². The maximum atomic E-state index is 10.6. The molecule has 3 nitrogen and oxygen atoms in total. The van der Waals surface area contributed by atoms with Crippen molar-refractivity contribution in [2.24, 2.45) is 0 Å². The van der Waals surface area contributed by atoms with Crippen LogP contribution in [-0.4, -0.2) is 22.8 Å². The summed E-state index contributed by atoms with van der Waals surface area (Å²) in [6.07, 6.45) is 4.18. The molecule has 2 unspecified atom stereocenters. The van der Waals surface area contributed by atoms with E-state index in [1.54, 1.807) is 0 Å². The summed E-state index contributed by atoms with van der Waals surface area (Å²) >= 11 is 0. The number of terminal acetylenes is 1. The van der Waals surface area contributed by atoms with Crippen molar-refractivity contribution in [3.05, 3.63) is 0 Å². The van der Waals surface area contributed by atoms with Crippen molar-refractivity contribution in [1.29, 1.82) is 0 Å². The van der Waals surface area contributed by atoms with Crippen molar-refractivity contribution in [2.45, 2.75) is 25.0 Å². The van der Waals surface area contributed by atoms with Gasteiger partial charge in [0.15, 0.2) is 5.60 Å². The summed E-state index contributed by atoms with van der Waals surface area (Å²) in [7, 11) is 0. The van der Waals surface area contributed by atoms with Crippen LogP contribution in [0.15, 0.2) is 0 Å². The molecule has 0 aromatic rings. The van der Waals surface area contributed by atoms with E-state index in [2.05, 4.69) is 10.7 Å². The van der Waals surface area contributed by atoms with Crippen LogP contribution in [0.25, 0.3) is 0 Å². The average molecular weight is 140 g/mol. The maximum Gasteiger partial charge on any atom is 0.310 e. The highest BCUT2D eigenvalue weighted by Gasteiger charge is 2.43. The number of ether oxygens (including phenoxy) is 1. The van der Waals surface area contributed by atoms with Gasteiger partial charge in [0, 0.05) is 0 Å². The van der Waals surface area contributed by atoms with Crippen LogP contribution >= 0.6 is 0 Å². The van der Waals surface area contributed by atoms with Gasteiger partial charge in [-0.15, -0.1) is 6.42 Å². The van der Waals surface area contributed by atoms with E-state index in [-0.39, 0.29) is 6.42 Å². The van der Waals surface area contributed by atoms with Crippen LogP contribution in [0.2, 0.25) is 0 Å². The fraction of sp³-hybridized carbons (Fsp3) is 0.571. The maximum absolute atomic E-state index is 10.6. The lowest BCUT2D eigenvalue weighted by Crippen LogP contribution is -2.33. The van der Waals surface area contributed by atoms with Crippen LogP contribution in [0.1, 0.15) is 13.3 Å². The molecule has 54 valence electrons. The van der Waals surface area contributed by atoms with Crippen molar-refractivity contribution in [1.82, 2.24) is 0 Å². The molecule has 2 atom stereocenters. The molecule has 0 radical (unpaired) electrons. The van der Waals surface area contributed by atoms with Crippen LogP contribution in [0.5, 0.6) is 0 Å². The average Bonchev–Trinajstić information content (AvgIpc) is 2.09. The van der Waals surface area contributed by atoms with Crippen molar-refractivity contribution in [2.75, 3.05) is 0 Å². The quantitative estimate of drug-likeness (QED) is 0.370. The van der Waals surface area contributed by atoms with E-state index < -0.39 is 17.7 Å². The molecule has 0 amide bonds. The van der Waals surface area contributed by atoms with Gasteiger partial charge in [-0.1, -0.05) is 5.92 Å². The van der Waals surface area contributed by atoms with Gasteiger partial charge in [-0.3, -0.25) is 4.79 Å². The summed E-state index contributed by atoms with van der Waals surface area (Å²) < 4.78 is 4.69. The number of hydrogen-bond donors (Lipinski definition) is 1. The summed E-state index contributed by atoms with van der Waals surface area (Å²) in [4.78, 5) is 10.6. The molecule has 0 bridgehead atoms. The third-order valence-electron chi connectivity index (χ3n) is 1.61. The van der Waals surface area contributed by atoms with E-state index in [9.17, 15) is 4.79 Å². The molecule has 0 saturated carbocycles. The van der Waals surface area contributed by atoms with Crippen LogP contribution in [0, 0.1) is 12.3 Å². The molecule has 1 saturated heterocycles. The van der Waals surface area contributed by atoms with E-state index in [0.29, 0.717) is 0 Å². The number of rotatable bonds is 0. The summed E-state index contributed by atoms with van der Waals surface area (Å²) in [5, 5.41) is 9.13. The Morgan fingerprint density at radius 2 is 2.60 bits per heavy atom. The van der Waals surface area contributed by atoms with E-state index >= 15 is 0 Å². The number of esters is 1. The van der Waals surface area contributed by atoms with Crippen LogP contribution in [-0.2, 0) is 9.53 Å². The van der Waals surface area contributed by atoms with Gasteiger partial charge in [-0.2, -0.15) is 0 Å². The third kappa shape index (κ3) is 0.869. The molecular formula is C7H8O3. The number of aliphatic hydroxyl groups excluding tert-OH is 1. The van der Waals surface area contributed by atoms with Gasteiger partial charge in [-0.25, -0.2) is 0 Å². The Morgan fingerprint density at radius 1 is 2.00 bits per heavy atom. The van der Waals surface area contributed by atoms with Crippen molar-refractivity contribution >= 4 is 5.97 Å². The van der Waals surface area contributed by atoms with Crippen molar-refractivity contribution in [3.8, 4) is 12.3 Å². The predicted octanol–water partition coefficient (Wildman–Crippen LogP) is -0.314. The Balaban J connectivity index is 2.83. The molecule has 0 aliphatic carbocycles. The highest BCUT2D eigenvalue weighted by atomic mass is 16.6. The smallest absolute Gasteiger partial charge is 0.310 e. The Hall–Kier alpha value is -1.01. The SMILES string of the molecule is C#CC1(C)OC(=O)CC1O. The lowest BCUT2D eigenvalue weighted by molar-refractivity contribution is -0.144. The third-order valence-corrected chi connectivity index (χ3v) is 1.61. The highest BCUT2D eigenvalue weighted by molar-refractivity contribution is 5.74. The molecule has 10 heavy (non-hydrogen) atoms. The zero-order valence-corrected chi connectivity index (χ0v) is 5.63. The lowest BCUT2D eigenvalue weighted by Gasteiger charge is -2.18. The van der Waals surface area contributed by atoms with E-state index in [4.69, 9.17) is 11.5 Å². The highest BCUT2D eigenvalue weighted by Crippen LogP contribution is 2.25. The molecule has 1 N–H and O–H groups in total. The minimum atomic E-state index is -1.10. The number of carbonyl (C=O) groups is 1. The van der Waals surface area contributed by atoms with Crippen molar-refractivity contribution < 1.29 is 14.6 Å². The second-order valence-electron chi connectivity index (χ2n) is 2.45. The summed E-state index contributed by atoms with van der Waals surface area (Å²) in [6.45, 7) is 1.52. The number of cyclic esters (lactones) is 1. The second kappa shape index (κ2) is 1.99. The molecule has 1 aliphatic rings. The summed E-state index contributed by atoms with van der Waals surface area (Å²) in [5.74, 6) is 1.79. The first-order valence-electron chi connectivity index (χ1n) is 2.96. The minimum Gasteiger partial charge on any atom is -0.443 e. The van der Waals surface area contributed by atoms with Crippen LogP contribution < -0.4 is 0 Å². The molecule has 1 rings (SSSR count). The summed E-state index contributed by atoms with van der Waals surface area (Å²) in [6, 6.07) is 0. The number of aliphatic hydroxyl groups is 1. The minimum absolute atomic E-state index is 0.000694. The van der Waals surface area contributed by atoms with Crippen LogP contribution in [0.4, 0.5) is 0 Å². The molecule has 0 aromatic carbocycles. The Morgan fingerprint density at radius 3 is 2.80 bits per heavy atom. The Labute approximate surface area is 59.0 Å². The van der Waals surface area contributed by atoms with Crippen molar-refractivity contribution in [3.63, 3.8) is 0 Å². The van der Waals surface area contributed by atoms with Crippen LogP contribution in [0.3, 0.4) is 0 Å². The number of hydrogen-bond acceptors (Lipinski definition) is 3. The fourth-order valence-electron chi connectivity index (χ4n) is 0.824. The molecule has 0 spiro atoms. The molecule has 0 aromatic heterocycles. The van der Waals surface area contributed by atoms with E-state index in [0.717, 1.165) is 0 Å². The molecular weight excluding hydrogens is 132 g/mol. The first-order chi connectivity index (χ1) is 4.58. The normalized spacial score (nSPS) is 38.9. The largest absolute Gasteiger partial charge is 0.443 e. The van der Waals surface area contributed by atoms with Gasteiger partial charge in [0.25, 0.3) is 0 Å². The zero-order valence-electron chi connectivity index (χ0n) is 5.63. The second-order valence-corrected chi connectivity index (χ2v) is 2.45. The number of carbonyl (C=O) groups excluding carboxylic acids is 1. The molecule has 3 heteroatoms. The van der Waals surface area contributed by atoms with E-state index in [1.807, 2.05) is 0 Å². The Bertz CT molecular complexity index is 203. The first-order valence-corrected chi connectivity index (χ1v) is 2.96. The summed E-state index contributed by atoms with van der Waals surface area (Å²) in [5.41, 5.74) is -1.10. The first kappa shape index (κ1) is 7.10. The lowest BCUT2D eigenvalue weighted by atomic mass is 10.0. The van der Waals surface area contributed by atoms with Gasteiger partial charge in [-0.05, 0) is 6.92 Å². The van der Waals surface area contributed by atoms with Gasteiger partial charge < -0.3 is 9.84 Å².